The van der Waals surface area contributed by atoms with Crippen LogP contribution >= 0.6 is 0 Å². The fraction of sp³-hybridized carbons (Fsp3) is 0.409. The molecule has 1 aliphatic heterocycles. The van der Waals surface area contributed by atoms with Crippen molar-refractivity contribution in [1.29, 1.82) is 0 Å². The predicted octanol–water partition coefficient (Wildman–Crippen LogP) is 3.56. The van der Waals surface area contributed by atoms with Crippen molar-refractivity contribution < 1.29 is 17.6 Å². The van der Waals surface area contributed by atoms with Crippen molar-refractivity contribution in [3.05, 3.63) is 65.5 Å². The van der Waals surface area contributed by atoms with Crippen LogP contribution in [0.3, 0.4) is 0 Å². The Hall–Kier alpha value is -2.25. The standard InChI is InChI=1S/C22H25FN2O3S/c23-17-9-11-19(12-10-17)29(27,28)25-14-13-16-5-1-4-8-20(16)21(25)15-22(26)24-18-6-2-3-7-18/h1,4-5,8-12,18,21H,2-3,6-7,13-15H2,(H,24,26)/t21-/m1/s1. The first-order valence-corrected chi connectivity index (χ1v) is 11.5. The second-order valence-corrected chi connectivity index (χ2v) is 9.68. The highest BCUT2D eigenvalue weighted by Crippen LogP contribution is 2.36. The van der Waals surface area contributed by atoms with E-state index in [1.54, 1.807) is 0 Å². The van der Waals surface area contributed by atoms with Gasteiger partial charge in [0.2, 0.25) is 15.9 Å². The van der Waals surface area contributed by atoms with Crippen molar-refractivity contribution in [3.8, 4) is 0 Å². The number of carbonyl (C=O) groups excluding carboxylic acids is 1. The highest BCUT2D eigenvalue weighted by Gasteiger charge is 2.37. The Labute approximate surface area is 171 Å². The van der Waals surface area contributed by atoms with Crippen LogP contribution in [-0.2, 0) is 21.2 Å². The van der Waals surface area contributed by atoms with Crippen LogP contribution in [0.2, 0.25) is 0 Å². The Morgan fingerprint density at radius 3 is 2.48 bits per heavy atom. The minimum atomic E-state index is -3.86. The fourth-order valence-electron chi connectivity index (χ4n) is 4.40. The number of rotatable bonds is 5. The van der Waals surface area contributed by atoms with Gasteiger partial charge in [-0.2, -0.15) is 4.31 Å². The van der Waals surface area contributed by atoms with Gasteiger partial charge in [0.05, 0.1) is 10.9 Å². The molecule has 2 aliphatic rings. The van der Waals surface area contributed by atoms with Crippen molar-refractivity contribution in [2.75, 3.05) is 6.54 Å². The monoisotopic (exact) mass is 416 g/mol. The lowest BCUT2D eigenvalue weighted by Gasteiger charge is -2.36. The number of carbonyl (C=O) groups is 1. The summed E-state index contributed by atoms with van der Waals surface area (Å²) in [6.07, 6.45) is 4.84. The minimum Gasteiger partial charge on any atom is -0.353 e. The molecular weight excluding hydrogens is 391 g/mol. The molecule has 2 aromatic rings. The second kappa shape index (κ2) is 8.24. The van der Waals surface area contributed by atoms with Crippen molar-refractivity contribution >= 4 is 15.9 Å². The molecule has 1 N–H and O–H groups in total. The van der Waals surface area contributed by atoms with Crippen LogP contribution in [0, 0.1) is 5.82 Å². The third-order valence-corrected chi connectivity index (χ3v) is 7.80. The summed E-state index contributed by atoms with van der Waals surface area (Å²) in [5.41, 5.74) is 1.93. The quantitative estimate of drug-likeness (QED) is 0.810. The van der Waals surface area contributed by atoms with E-state index in [1.165, 1.54) is 16.4 Å². The molecule has 1 aliphatic carbocycles. The first-order valence-electron chi connectivity index (χ1n) is 10.1. The largest absolute Gasteiger partial charge is 0.353 e. The molecule has 5 nitrogen and oxygen atoms in total. The third-order valence-electron chi connectivity index (χ3n) is 5.88. The summed E-state index contributed by atoms with van der Waals surface area (Å²) in [5, 5.41) is 3.07. The van der Waals surface area contributed by atoms with Gasteiger partial charge in [0.15, 0.2) is 0 Å². The van der Waals surface area contributed by atoms with Crippen molar-refractivity contribution in [2.45, 2.75) is 55.5 Å². The topological polar surface area (TPSA) is 66.5 Å². The van der Waals surface area contributed by atoms with Crippen LogP contribution in [0.15, 0.2) is 53.4 Å². The number of amides is 1. The number of benzene rings is 2. The molecular formula is C22H25FN2O3S. The normalized spacial score (nSPS) is 20.4. The molecule has 4 rings (SSSR count). The number of fused-ring (bicyclic) bond motifs is 1. The molecule has 1 heterocycles. The highest BCUT2D eigenvalue weighted by atomic mass is 32.2. The smallest absolute Gasteiger partial charge is 0.243 e. The zero-order chi connectivity index (χ0) is 20.4. The summed E-state index contributed by atoms with van der Waals surface area (Å²) in [6, 6.07) is 12.1. The Kier molecular flexibility index (Phi) is 5.69. The fourth-order valence-corrected chi connectivity index (χ4v) is 6.01. The van der Waals surface area contributed by atoms with Gasteiger partial charge in [-0.05, 0) is 54.7 Å². The van der Waals surface area contributed by atoms with E-state index in [2.05, 4.69) is 5.32 Å². The van der Waals surface area contributed by atoms with Gasteiger partial charge in [-0.15, -0.1) is 0 Å². The first kappa shape index (κ1) is 20.0. The van der Waals surface area contributed by atoms with Crippen molar-refractivity contribution in [2.24, 2.45) is 0 Å². The Bertz CT molecular complexity index is 985. The van der Waals surface area contributed by atoms with Gasteiger partial charge in [-0.1, -0.05) is 37.1 Å². The lowest BCUT2D eigenvalue weighted by atomic mass is 9.92. The number of nitrogens with zero attached hydrogens (tertiary/aromatic N) is 1. The maximum atomic E-state index is 13.3. The average Bonchev–Trinajstić information content (AvgIpc) is 3.21. The summed E-state index contributed by atoms with van der Waals surface area (Å²) in [6.45, 7) is 0.290. The Morgan fingerprint density at radius 1 is 1.07 bits per heavy atom. The number of sulfonamides is 1. The van der Waals surface area contributed by atoms with Gasteiger partial charge in [0.1, 0.15) is 5.82 Å². The number of nitrogens with one attached hydrogen (secondary N) is 1. The maximum Gasteiger partial charge on any atom is 0.243 e. The van der Waals surface area contributed by atoms with E-state index >= 15 is 0 Å². The zero-order valence-corrected chi connectivity index (χ0v) is 17.0. The van der Waals surface area contributed by atoms with Gasteiger partial charge < -0.3 is 5.32 Å². The predicted molar refractivity (Wildman–Crippen MR) is 108 cm³/mol. The molecule has 1 saturated carbocycles. The van der Waals surface area contributed by atoms with Crippen LogP contribution in [-0.4, -0.2) is 31.2 Å². The lowest BCUT2D eigenvalue weighted by molar-refractivity contribution is -0.122. The van der Waals surface area contributed by atoms with Gasteiger partial charge >= 0.3 is 0 Å². The molecule has 0 aromatic heterocycles. The van der Waals surface area contributed by atoms with Gasteiger partial charge in [0, 0.05) is 19.0 Å². The summed E-state index contributed by atoms with van der Waals surface area (Å²) in [4.78, 5) is 12.8. The molecule has 1 atom stereocenters. The number of hydrogen-bond donors (Lipinski definition) is 1. The SMILES string of the molecule is O=C(C[C@@H]1c2ccccc2CCN1S(=O)(=O)c1ccc(F)cc1)NC1CCCC1. The Balaban J connectivity index is 1.64. The van der Waals surface area contributed by atoms with Crippen LogP contribution in [0.1, 0.15) is 49.3 Å². The van der Waals surface area contributed by atoms with E-state index < -0.39 is 21.9 Å². The van der Waals surface area contributed by atoms with E-state index in [0.717, 1.165) is 48.9 Å². The van der Waals surface area contributed by atoms with Crippen LogP contribution in [0.25, 0.3) is 0 Å². The van der Waals surface area contributed by atoms with Crippen LogP contribution < -0.4 is 5.32 Å². The third kappa shape index (κ3) is 4.21. The Morgan fingerprint density at radius 2 is 1.76 bits per heavy atom. The van der Waals surface area contributed by atoms with E-state index in [-0.39, 0.29) is 29.8 Å². The van der Waals surface area contributed by atoms with Crippen molar-refractivity contribution in [1.82, 2.24) is 9.62 Å². The summed E-state index contributed by atoms with van der Waals surface area (Å²) < 4.78 is 41.3. The van der Waals surface area contributed by atoms with Gasteiger partial charge in [-0.25, -0.2) is 12.8 Å². The van der Waals surface area contributed by atoms with E-state index in [0.29, 0.717) is 6.42 Å². The van der Waals surface area contributed by atoms with Crippen molar-refractivity contribution in [3.63, 3.8) is 0 Å². The molecule has 0 radical (unpaired) electrons. The van der Waals surface area contributed by atoms with E-state index in [4.69, 9.17) is 0 Å². The molecule has 1 amide bonds. The second-order valence-electron chi connectivity index (χ2n) is 7.79. The molecule has 154 valence electrons. The molecule has 0 spiro atoms. The molecule has 1 fully saturated rings. The molecule has 0 saturated heterocycles. The molecule has 7 heteroatoms. The maximum absolute atomic E-state index is 13.3. The molecule has 0 unspecified atom stereocenters. The first-order chi connectivity index (χ1) is 13.9. The average molecular weight is 417 g/mol. The van der Waals surface area contributed by atoms with Gasteiger partial charge in [-0.3, -0.25) is 4.79 Å². The van der Waals surface area contributed by atoms with E-state index in [9.17, 15) is 17.6 Å². The number of hydrogen-bond acceptors (Lipinski definition) is 3. The minimum absolute atomic E-state index is 0.0412. The lowest BCUT2D eigenvalue weighted by Crippen LogP contribution is -2.43. The van der Waals surface area contributed by atoms with Crippen LogP contribution in [0.4, 0.5) is 4.39 Å². The summed E-state index contributed by atoms with van der Waals surface area (Å²) in [7, 11) is -3.86. The summed E-state index contributed by atoms with van der Waals surface area (Å²) >= 11 is 0. The zero-order valence-electron chi connectivity index (χ0n) is 16.2. The molecule has 0 bridgehead atoms. The summed E-state index contributed by atoms with van der Waals surface area (Å²) in [5.74, 6) is -0.613. The highest BCUT2D eigenvalue weighted by molar-refractivity contribution is 7.89. The molecule has 2 aromatic carbocycles. The van der Waals surface area contributed by atoms with Crippen LogP contribution in [0.5, 0.6) is 0 Å². The van der Waals surface area contributed by atoms with E-state index in [1.807, 2.05) is 24.3 Å². The number of halogens is 1. The van der Waals surface area contributed by atoms with Gasteiger partial charge in [0.25, 0.3) is 0 Å². The molecule has 29 heavy (non-hydrogen) atoms.